The zero-order valence-corrected chi connectivity index (χ0v) is 11.9. The third kappa shape index (κ3) is 6.09. The van der Waals surface area contributed by atoms with Crippen molar-refractivity contribution < 1.29 is 14.3 Å². The van der Waals surface area contributed by atoms with Gasteiger partial charge in [0.15, 0.2) is 0 Å². The lowest BCUT2D eigenvalue weighted by Gasteiger charge is -2.11. The van der Waals surface area contributed by atoms with E-state index in [1.807, 2.05) is 38.1 Å². The summed E-state index contributed by atoms with van der Waals surface area (Å²) in [6.07, 6.45) is 5.19. The topological polar surface area (TPSA) is 35.5 Å². The molecule has 1 aromatic carbocycles. The fourth-order valence-corrected chi connectivity index (χ4v) is 1.50. The largest absolute Gasteiger partial charge is 0.490 e. The number of carbonyl (C=O) groups excluding carboxylic acids is 1. The van der Waals surface area contributed by atoms with Crippen LogP contribution >= 0.6 is 0 Å². The van der Waals surface area contributed by atoms with Crippen LogP contribution in [0.5, 0.6) is 5.75 Å². The molecule has 104 valence electrons. The summed E-state index contributed by atoms with van der Waals surface area (Å²) in [7, 11) is 0. The molecule has 0 saturated heterocycles. The molecule has 0 saturated carbocycles. The summed E-state index contributed by atoms with van der Waals surface area (Å²) in [5.74, 6) is 0.461. The molecule has 0 fully saturated rings. The Morgan fingerprint density at radius 3 is 2.74 bits per heavy atom. The second-order valence-corrected chi connectivity index (χ2v) is 4.56. The van der Waals surface area contributed by atoms with E-state index in [1.165, 1.54) is 6.08 Å². The maximum atomic E-state index is 11.5. The smallest absolute Gasteiger partial charge is 0.330 e. The zero-order valence-electron chi connectivity index (χ0n) is 11.9. The van der Waals surface area contributed by atoms with Gasteiger partial charge >= 0.3 is 5.97 Å². The molecule has 3 nitrogen and oxygen atoms in total. The van der Waals surface area contributed by atoms with Gasteiger partial charge in [-0.3, -0.25) is 0 Å². The van der Waals surface area contributed by atoms with E-state index in [0.717, 1.165) is 24.2 Å². The minimum atomic E-state index is -0.312. The lowest BCUT2D eigenvalue weighted by atomic mass is 10.2. The van der Waals surface area contributed by atoms with Gasteiger partial charge in [-0.15, -0.1) is 0 Å². The van der Waals surface area contributed by atoms with E-state index in [1.54, 1.807) is 6.08 Å². The maximum Gasteiger partial charge on any atom is 0.330 e. The van der Waals surface area contributed by atoms with Crippen LogP contribution in [-0.4, -0.2) is 18.7 Å². The number of unbranched alkanes of at least 4 members (excludes halogenated alkanes) is 1. The molecule has 0 amide bonds. The standard InChI is InChI=1S/C16H22O3/c1-4-5-12-18-16(17)11-10-14-8-6-7-9-15(14)19-13(2)3/h6-11,13H,4-5,12H2,1-3H3. The number of hydrogen-bond donors (Lipinski definition) is 0. The van der Waals surface area contributed by atoms with Gasteiger partial charge in [0.25, 0.3) is 0 Å². The summed E-state index contributed by atoms with van der Waals surface area (Å²) in [4.78, 5) is 11.5. The minimum absolute atomic E-state index is 0.103. The van der Waals surface area contributed by atoms with Gasteiger partial charge in [0, 0.05) is 11.6 Å². The van der Waals surface area contributed by atoms with Crippen molar-refractivity contribution in [2.24, 2.45) is 0 Å². The molecule has 0 spiro atoms. The number of ether oxygens (including phenoxy) is 2. The Bertz CT molecular complexity index is 422. The van der Waals surface area contributed by atoms with E-state index in [9.17, 15) is 4.79 Å². The Labute approximate surface area is 115 Å². The molecule has 0 heterocycles. The fourth-order valence-electron chi connectivity index (χ4n) is 1.50. The van der Waals surface area contributed by atoms with E-state index in [4.69, 9.17) is 9.47 Å². The van der Waals surface area contributed by atoms with Crippen LogP contribution in [0, 0.1) is 0 Å². The zero-order chi connectivity index (χ0) is 14.1. The quantitative estimate of drug-likeness (QED) is 0.425. The number of benzene rings is 1. The number of rotatable bonds is 7. The highest BCUT2D eigenvalue weighted by atomic mass is 16.5. The van der Waals surface area contributed by atoms with Crippen LogP contribution in [0.25, 0.3) is 6.08 Å². The van der Waals surface area contributed by atoms with Gasteiger partial charge in [-0.25, -0.2) is 4.79 Å². The average molecular weight is 262 g/mol. The van der Waals surface area contributed by atoms with Crippen molar-refractivity contribution in [2.45, 2.75) is 39.7 Å². The highest BCUT2D eigenvalue weighted by molar-refractivity contribution is 5.87. The summed E-state index contributed by atoms with van der Waals surface area (Å²) in [6, 6.07) is 7.62. The van der Waals surface area contributed by atoms with Crippen LogP contribution in [0.1, 0.15) is 39.2 Å². The molecule has 0 aliphatic rings. The first-order valence-corrected chi connectivity index (χ1v) is 6.74. The van der Waals surface area contributed by atoms with Crippen molar-refractivity contribution in [1.82, 2.24) is 0 Å². The van der Waals surface area contributed by atoms with Crippen molar-refractivity contribution in [3.63, 3.8) is 0 Å². The molecule has 0 unspecified atom stereocenters. The fraction of sp³-hybridized carbons (Fsp3) is 0.438. The van der Waals surface area contributed by atoms with Crippen molar-refractivity contribution in [2.75, 3.05) is 6.61 Å². The molecular weight excluding hydrogens is 240 g/mol. The molecule has 0 aliphatic carbocycles. The first kappa shape index (κ1) is 15.3. The summed E-state index contributed by atoms with van der Waals surface area (Å²) in [5.41, 5.74) is 0.878. The average Bonchev–Trinajstić information content (AvgIpc) is 2.37. The first-order valence-electron chi connectivity index (χ1n) is 6.74. The van der Waals surface area contributed by atoms with E-state index in [-0.39, 0.29) is 12.1 Å². The molecule has 1 aromatic rings. The van der Waals surface area contributed by atoms with Gasteiger partial charge in [-0.1, -0.05) is 31.5 Å². The molecule has 3 heteroatoms. The van der Waals surface area contributed by atoms with Gasteiger partial charge in [-0.05, 0) is 32.4 Å². The lowest BCUT2D eigenvalue weighted by molar-refractivity contribution is -0.137. The van der Waals surface area contributed by atoms with E-state index < -0.39 is 0 Å². The lowest BCUT2D eigenvalue weighted by Crippen LogP contribution is -2.06. The Kier molecular flexibility index (Phi) is 6.72. The van der Waals surface area contributed by atoms with Gasteiger partial charge in [-0.2, -0.15) is 0 Å². The summed E-state index contributed by atoms with van der Waals surface area (Å²) < 4.78 is 10.7. The SMILES string of the molecule is CCCCOC(=O)C=Cc1ccccc1OC(C)C. The third-order valence-corrected chi connectivity index (χ3v) is 2.42. The molecule has 0 radical (unpaired) electrons. The summed E-state index contributed by atoms with van der Waals surface area (Å²) in [5, 5.41) is 0. The summed E-state index contributed by atoms with van der Waals surface area (Å²) in [6.45, 7) is 6.48. The van der Waals surface area contributed by atoms with Crippen LogP contribution in [0.3, 0.4) is 0 Å². The number of carbonyl (C=O) groups is 1. The van der Waals surface area contributed by atoms with Gasteiger partial charge in [0.1, 0.15) is 5.75 Å². The molecule has 0 atom stereocenters. The van der Waals surface area contributed by atoms with Crippen LogP contribution in [0.4, 0.5) is 0 Å². The normalized spacial score (nSPS) is 10.9. The van der Waals surface area contributed by atoms with Crippen molar-refractivity contribution in [3.8, 4) is 5.75 Å². The molecule has 1 rings (SSSR count). The van der Waals surface area contributed by atoms with Gasteiger partial charge in [0.05, 0.1) is 12.7 Å². The number of para-hydroxylation sites is 1. The maximum absolute atomic E-state index is 11.5. The Hall–Kier alpha value is -1.77. The van der Waals surface area contributed by atoms with E-state index >= 15 is 0 Å². The Morgan fingerprint density at radius 1 is 1.32 bits per heavy atom. The van der Waals surface area contributed by atoms with Crippen LogP contribution in [0.15, 0.2) is 30.3 Å². The van der Waals surface area contributed by atoms with Crippen LogP contribution < -0.4 is 4.74 Å². The highest BCUT2D eigenvalue weighted by Crippen LogP contribution is 2.20. The molecule has 0 N–H and O–H groups in total. The van der Waals surface area contributed by atoms with E-state index in [0.29, 0.717) is 6.61 Å². The third-order valence-electron chi connectivity index (χ3n) is 2.42. The molecule has 19 heavy (non-hydrogen) atoms. The monoisotopic (exact) mass is 262 g/mol. The van der Waals surface area contributed by atoms with Crippen molar-refractivity contribution in [3.05, 3.63) is 35.9 Å². The van der Waals surface area contributed by atoms with E-state index in [2.05, 4.69) is 6.92 Å². The number of esters is 1. The van der Waals surface area contributed by atoms with Crippen molar-refractivity contribution in [1.29, 1.82) is 0 Å². The Balaban J connectivity index is 2.62. The van der Waals surface area contributed by atoms with Gasteiger partial charge < -0.3 is 9.47 Å². The Morgan fingerprint density at radius 2 is 2.05 bits per heavy atom. The molecule has 0 aromatic heterocycles. The highest BCUT2D eigenvalue weighted by Gasteiger charge is 2.03. The van der Waals surface area contributed by atoms with Crippen LogP contribution in [0.2, 0.25) is 0 Å². The molecular formula is C16H22O3. The molecule has 0 aliphatic heterocycles. The predicted molar refractivity (Wildman–Crippen MR) is 77.1 cm³/mol. The predicted octanol–water partition coefficient (Wildman–Crippen LogP) is 3.83. The number of hydrogen-bond acceptors (Lipinski definition) is 3. The first-order chi connectivity index (χ1) is 9.13. The van der Waals surface area contributed by atoms with Gasteiger partial charge in [0.2, 0.25) is 0 Å². The van der Waals surface area contributed by atoms with Crippen molar-refractivity contribution >= 4 is 12.0 Å². The second kappa shape index (κ2) is 8.35. The minimum Gasteiger partial charge on any atom is -0.490 e. The van der Waals surface area contributed by atoms with Crippen LogP contribution in [-0.2, 0) is 9.53 Å². The second-order valence-electron chi connectivity index (χ2n) is 4.56. The summed E-state index contributed by atoms with van der Waals surface area (Å²) >= 11 is 0. The molecule has 0 bridgehead atoms.